The number of carbonyl (C=O) groups excluding carboxylic acids is 1. The fourth-order valence-corrected chi connectivity index (χ4v) is 3.57. The predicted octanol–water partition coefficient (Wildman–Crippen LogP) is 3.68. The first kappa shape index (κ1) is 18.2. The van der Waals surface area contributed by atoms with E-state index in [2.05, 4.69) is 20.2 Å². The first-order valence-electron chi connectivity index (χ1n) is 9.73. The van der Waals surface area contributed by atoms with E-state index in [1.165, 1.54) is 0 Å². The molecule has 0 aliphatic carbocycles. The number of aromatic nitrogens is 2. The number of piperidine rings is 1. The number of benzene rings is 2. The van der Waals surface area contributed by atoms with Crippen LogP contribution in [0.15, 0.2) is 73.1 Å². The van der Waals surface area contributed by atoms with E-state index in [1.54, 1.807) is 0 Å². The third-order valence-corrected chi connectivity index (χ3v) is 5.13. The molecule has 5 nitrogen and oxygen atoms in total. The Labute approximate surface area is 165 Å². The highest BCUT2D eigenvalue weighted by Crippen LogP contribution is 2.23. The van der Waals surface area contributed by atoms with Crippen LogP contribution < -0.4 is 10.2 Å². The molecule has 1 aromatic heterocycles. The Balaban J connectivity index is 1.37. The van der Waals surface area contributed by atoms with Crippen molar-refractivity contribution < 1.29 is 4.79 Å². The summed E-state index contributed by atoms with van der Waals surface area (Å²) in [6, 6.07) is 20.1. The number of nitrogens with one attached hydrogen (secondary N) is 1. The number of carbonyl (C=O) groups is 1. The Kier molecular flexibility index (Phi) is 5.61. The molecule has 1 atom stereocenters. The van der Waals surface area contributed by atoms with Crippen LogP contribution >= 0.6 is 0 Å². The van der Waals surface area contributed by atoms with Gasteiger partial charge in [0.2, 0.25) is 11.9 Å². The van der Waals surface area contributed by atoms with Crippen LogP contribution in [0, 0.1) is 5.92 Å². The molecule has 1 aliphatic rings. The van der Waals surface area contributed by atoms with Gasteiger partial charge in [-0.05, 0) is 24.0 Å². The molecule has 4 rings (SSSR count). The lowest BCUT2D eigenvalue weighted by molar-refractivity contribution is -0.125. The first-order valence-corrected chi connectivity index (χ1v) is 9.73. The standard InChI is InChI=1S/C23H24N4O/c28-22(24-14-18-8-3-1-4-9-18)20-12-7-13-27(17-20)23-25-15-21(16-26-23)19-10-5-2-6-11-19/h1-6,8-11,15-16,20H,7,12-14,17H2,(H,24,28)/t20-/m0/s1. The molecule has 1 fully saturated rings. The lowest BCUT2D eigenvalue weighted by Crippen LogP contribution is -2.43. The van der Waals surface area contributed by atoms with Gasteiger partial charge in [-0.2, -0.15) is 0 Å². The number of amides is 1. The van der Waals surface area contributed by atoms with Crippen LogP contribution in [0.5, 0.6) is 0 Å². The highest BCUT2D eigenvalue weighted by atomic mass is 16.1. The minimum Gasteiger partial charge on any atom is -0.352 e. The van der Waals surface area contributed by atoms with Gasteiger partial charge in [0.1, 0.15) is 0 Å². The monoisotopic (exact) mass is 372 g/mol. The molecule has 1 amide bonds. The van der Waals surface area contributed by atoms with Crippen molar-refractivity contribution >= 4 is 11.9 Å². The fraction of sp³-hybridized carbons (Fsp3) is 0.261. The van der Waals surface area contributed by atoms with Gasteiger partial charge in [0.05, 0.1) is 5.92 Å². The Morgan fingerprint density at radius 3 is 2.36 bits per heavy atom. The summed E-state index contributed by atoms with van der Waals surface area (Å²) in [5.74, 6) is 0.768. The number of nitrogens with zero attached hydrogens (tertiary/aromatic N) is 3. The lowest BCUT2D eigenvalue weighted by atomic mass is 9.97. The topological polar surface area (TPSA) is 58.1 Å². The summed E-state index contributed by atoms with van der Waals surface area (Å²) in [4.78, 5) is 23.8. The highest BCUT2D eigenvalue weighted by molar-refractivity contribution is 5.79. The fourth-order valence-electron chi connectivity index (χ4n) is 3.57. The summed E-state index contributed by atoms with van der Waals surface area (Å²) in [6.07, 6.45) is 5.58. The zero-order valence-corrected chi connectivity index (χ0v) is 15.8. The zero-order chi connectivity index (χ0) is 19.2. The van der Waals surface area contributed by atoms with Gasteiger partial charge >= 0.3 is 0 Å². The Bertz CT molecular complexity index is 897. The molecule has 2 heterocycles. The molecule has 0 unspecified atom stereocenters. The molecule has 2 aromatic carbocycles. The van der Waals surface area contributed by atoms with E-state index in [1.807, 2.05) is 73.1 Å². The largest absolute Gasteiger partial charge is 0.352 e. The molecular formula is C23H24N4O. The maximum Gasteiger partial charge on any atom is 0.225 e. The average molecular weight is 372 g/mol. The number of hydrogen-bond donors (Lipinski definition) is 1. The van der Waals surface area contributed by atoms with Crippen LogP contribution in [0.2, 0.25) is 0 Å². The molecule has 0 bridgehead atoms. The van der Waals surface area contributed by atoms with Gasteiger partial charge in [0, 0.05) is 37.6 Å². The molecule has 28 heavy (non-hydrogen) atoms. The number of anilines is 1. The maximum atomic E-state index is 12.6. The Morgan fingerprint density at radius 2 is 1.64 bits per heavy atom. The molecule has 1 aliphatic heterocycles. The van der Waals surface area contributed by atoms with Gasteiger partial charge in [0.25, 0.3) is 0 Å². The van der Waals surface area contributed by atoms with E-state index in [-0.39, 0.29) is 11.8 Å². The Hall–Kier alpha value is -3.21. The summed E-state index contributed by atoms with van der Waals surface area (Å²) < 4.78 is 0. The smallest absolute Gasteiger partial charge is 0.225 e. The summed E-state index contributed by atoms with van der Waals surface area (Å²) in [5.41, 5.74) is 3.22. The SMILES string of the molecule is O=C(NCc1ccccc1)[C@H]1CCCN(c2ncc(-c3ccccc3)cn2)C1. The number of rotatable bonds is 5. The quantitative estimate of drug-likeness (QED) is 0.742. The van der Waals surface area contributed by atoms with Crippen LogP contribution in [0.4, 0.5) is 5.95 Å². The van der Waals surface area contributed by atoms with Crippen molar-refractivity contribution in [3.05, 3.63) is 78.6 Å². The van der Waals surface area contributed by atoms with Crippen molar-refractivity contribution in [2.24, 2.45) is 5.92 Å². The highest BCUT2D eigenvalue weighted by Gasteiger charge is 2.27. The van der Waals surface area contributed by atoms with Crippen LogP contribution in [0.1, 0.15) is 18.4 Å². The van der Waals surface area contributed by atoms with Crippen molar-refractivity contribution in [1.82, 2.24) is 15.3 Å². The maximum absolute atomic E-state index is 12.6. The molecule has 5 heteroatoms. The summed E-state index contributed by atoms with van der Waals surface area (Å²) in [5, 5.41) is 3.06. The third kappa shape index (κ3) is 4.36. The van der Waals surface area contributed by atoms with Crippen molar-refractivity contribution in [1.29, 1.82) is 0 Å². The van der Waals surface area contributed by atoms with Gasteiger partial charge in [0.15, 0.2) is 0 Å². The summed E-state index contributed by atoms with van der Waals surface area (Å²) in [6.45, 7) is 2.11. The van der Waals surface area contributed by atoms with Gasteiger partial charge in [-0.1, -0.05) is 60.7 Å². The van der Waals surface area contributed by atoms with Crippen molar-refractivity contribution in [3.63, 3.8) is 0 Å². The van der Waals surface area contributed by atoms with Crippen LogP contribution in [-0.2, 0) is 11.3 Å². The van der Waals surface area contributed by atoms with E-state index < -0.39 is 0 Å². The number of hydrogen-bond acceptors (Lipinski definition) is 4. The Morgan fingerprint density at radius 1 is 0.964 bits per heavy atom. The van der Waals surface area contributed by atoms with E-state index in [4.69, 9.17) is 0 Å². The van der Waals surface area contributed by atoms with Crippen molar-refractivity contribution in [2.45, 2.75) is 19.4 Å². The average Bonchev–Trinajstić information content (AvgIpc) is 2.79. The van der Waals surface area contributed by atoms with Crippen molar-refractivity contribution in [3.8, 4) is 11.1 Å². The van der Waals surface area contributed by atoms with Crippen LogP contribution in [0.3, 0.4) is 0 Å². The summed E-state index contributed by atoms with van der Waals surface area (Å²) >= 11 is 0. The first-order chi connectivity index (χ1) is 13.8. The molecule has 1 saturated heterocycles. The van der Waals surface area contributed by atoms with Crippen molar-refractivity contribution in [2.75, 3.05) is 18.0 Å². The predicted molar refractivity (Wildman–Crippen MR) is 111 cm³/mol. The minimum absolute atomic E-state index is 0.0325. The van der Waals surface area contributed by atoms with E-state index in [0.29, 0.717) is 19.0 Å². The summed E-state index contributed by atoms with van der Waals surface area (Å²) in [7, 11) is 0. The molecule has 142 valence electrons. The van der Waals surface area contributed by atoms with Gasteiger partial charge < -0.3 is 10.2 Å². The second-order valence-corrected chi connectivity index (χ2v) is 7.13. The molecule has 3 aromatic rings. The molecule has 0 radical (unpaired) electrons. The molecule has 0 saturated carbocycles. The van der Waals surface area contributed by atoms with Crippen LogP contribution in [-0.4, -0.2) is 29.0 Å². The second kappa shape index (κ2) is 8.65. The molecule has 1 N–H and O–H groups in total. The van der Waals surface area contributed by atoms with Gasteiger partial charge in [-0.15, -0.1) is 0 Å². The molecular weight excluding hydrogens is 348 g/mol. The second-order valence-electron chi connectivity index (χ2n) is 7.13. The molecule has 0 spiro atoms. The third-order valence-electron chi connectivity index (χ3n) is 5.13. The van der Waals surface area contributed by atoms with Gasteiger partial charge in [-0.3, -0.25) is 4.79 Å². The van der Waals surface area contributed by atoms with E-state index in [9.17, 15) is 4.79 Å². The lowest BCUT2D eigenvalue weighted by Gasteiger charge is -2.32. The minimum atomic E-state index is -0.0325. The van der Waals surface area contributed by atoms with Gasteiger partial charge in [-0.25, -0.2) is 9.97 Å². The van der Waals surface area contributed by atoms with Crippen LogP contribution in [0.25, 0.3) is 11.1 Å². The van der Waals surface area contributed by atoms with E-state index in [0.717, 1.165) is 36.1 Å². The normalized spacial score (nSPS) is 16.6. The van der Waals surface area contributed by atoms with E-state index >= 15 is 0 Å². The zero-order valence-electron chi connectivity index (χ0n) is 15.8.